The molecule has 10 heteroatoms. The number of anilines is 1. The number of methoxy groups -OCH3 is 1. The summed E-state index contributed by atoms with van der Waals surface area (Å²) in [5, 5.41) is 2.43. The summed E-state index contributed by atoms with van der Waals surface area (Å²) in [4.78, 5) is 12.8. The van der Waals surface area contributed by atoms with E-state index < -0.39 is 27.7 Å². The molecule has 3 rings (SSSR count). The Labute approximate surface area is 189 Å². The lowest BCUT2D eigenvalue weighted by molar-refractivity contribution is -0.137. The third kappa shape index (κ3) is 5.71. The summed E-state index contributed by atoms with van der Waals surface area (Å²) in [6.07, 6.45) is -4.54. The summed E-state index contributed by atoms with van der Waals surface area (Å²) < 4.78 is 70.8. The highest BCUT2D eigenvalue weighted by Crippen LogP contribution is 2.31. The summed E-state index contributed by atoms with van der Waals surface area (Å²) in [7, 11) is -0.982. The number of carbonyl (C=O) groups is 1. The molecule has 0 heterocycles. The second-order valence-electron chi connectivity index (χ2n) is 7.13. The zero-order valence-corrected chi connectivity index (χ0v) is 18.6. The van der Waals surface area contributed by atoms with Crippen LogP contribution in [0.4, 0.5) is 18.9 Å². The second kappa shape index (κ2) is 9.63. The lowest BCUT2D eigenvalue weighted by atomic mass is 10.1. The van der Waals surface area contributed by atoms with Crippen molar-refractivity contribution in [3.63, 3.8) is 0 Å². The average molecular weight is 478 g/mol. The molecule has 0 aliphatic rings. The summed E-state index contributed by atoms with van der Waals surface area (Å²) in [6.45, 7) is -0.0922. The van der Waals surface area contributed by atoms with Gasteiger partial charge in [-0.05, 0) is 48.5 Å². The SMILES string of the molecule is COc1ccc(C(=O)Nc2cccc(C(F)(F)F)c2)cc1CN(C)S(=O)(=O)c1ccccc1. The molecule has 0 atom stereocenters. The van der Waals surface area contributed by atoms with Crippen molar-refractivity contribution in [1.82, 2.24) is 4.31 Å². The van der Waals surface area contributed by atoms with Gasteiger partial charge in [-0.15, -0.1) is 0 Å². The molecule has 3 aromatic carbocycles. The number of alkyl halides is 3. The van der Waals surface area contributed by atoms with Crippen molar-refractivity contribution < 1.29 is 31.1 Å². The van der Waals surface area contributed by atoms with E-state index in [1.54, 1.807) is 18.2 Å². The van der Waals surface area contributed by atoms with Gasteiger partial charge in [-0.25, -0.2) is 8.42 Å². The van der Waals surface area contributed by atoms with Gasteiger partial charge in [0, 0.05) is 30.4 Å². The van der Waals surface area contributed by atoms with E-state index in [1.807, 2.05) is 0 Å². The fraction of sp³-hybridized carbons (Fsp3) is 0.174. The molecule has 3 aromatic rings. The van der Waals surface area contributed by atoms with Crippen molar-refractivity contribution >= 4 is 21.6 Å². The number of ether oxygens (including phenoxy) is 1. The van der Waals surface area contributed by atoms with E-state index in [0.717, 1.165) is 16.4 Å². The molecule has 0 aliphatic carbocycles. The van der Waals surface area contributed by atoms with Crippen LogP contribution in [0.15, 0.2) is 77.7 Å². The Morgan fingerprint density at radius 2 is 1.70 bits per heavy atom. The molecule has 1 amide bonds. The third-order valence-corrected chi connectivity index (χ3v) is 6.65. The topological polar surface area (TPSA) is 75.7 Å². The first-order valence-electron chi connectivity index (χ1n) is 9.69. The lowest BCUT2D eigenvalue weighted by Gasteiger charge is -2.19. The Morgan fingerprint density at radius 3 is 2.33 bits per heavy atom. The average Bonchev–Trinajstić information content (AvgIpc) is 2.79. The molecule has 0 unspecified atom stereocenters. The molecule has 0 saturated heterocycles. The largest absolute Gasteiger partial charge is 0.496 e. The van der Waals surface area contributed by atoms with Gasteiger partial charge in [-0.3, -0.25) is 4.79 Å². The van der Waals surface area contributed by atoms with Crippen LogP contribution in [-0.4, -0.2) is 32.8 Å². The molecular weight excluding hydrogens is 457 g/mol. The molecule has 1 N–H and O–H groups in total. The van der Waals surface area contributed by atoms with E-state index in [4.69, 9.17) is 4.74 Å². The number of hydrogen-bond acceptors (Lipinski definition) is 4. The maximum absolute atomic E-state index is 12.9. The number of hydrogen-bond donors (Lipinski definition) is 1. The van der Waals surface area contributed by atoms with Gasteiger partial charge in [0.2, 0.25) is 10.0 Å². The molecule has 0 bridgehead atoms. The highest BCUT2D eigenvalue weighted by Gasteiger charge is 2.30. The van der Waals surface area contributed by atoms with Crippen molar-refractivity contribution in [1.29, 1.82) is 0 Å². The number of amides is 1. The van der Waals surface area contributed by atoms with Gasteiger partial charge in [-0.2, -0.15) is 17.5 Å². The number of halogens is 3. The fourth-order valence-electron chi connectivity index (χ4n) is 3.12. The van der Waals surface area contributed by atoms with Crippen molar-refractivity contribution in [2.24, 2.45) is 0 Å². The number of nitrogens with zero attached hydrogens (tertiary/aromatic N) is 1. The molecule has 0 saturated carbocycles. The first-order chi connectivity index (χ1) is 15.5. The molecule has 33 heavy (non-hydrogen) atoms. The Morgan fingerprint density at radius 1 is 1.00 bits per heavy atom. The zero-order chi connectivity index (χ0) is 24.2. The van der Waals surface area contributed by atoms with Crippen molar-refractivity contribution in [2.75, 3.05) is 19.5 Å². The number of rotatable bonds is 7. The molecule has 0 radical (unpaired) electrons. The van der Waals surface area contributed by atoms with E-state index in [0.29, 0.717) is 11.3 Å². The predicted octanol–water partition coefficient (Wildman–Crippen LogP) is 4.79. The Balaban J connectivity index is 1.84. The molecular formula is C23H21F3N2O4S. The first kappa shape index (κ1) is 24.3. The quantitative estimate of drug-likeness (QED) is 0.530. The molecule has 6 nitrogen and oxygen atoms in total. The van der Waals surface area contributed by atoms with Crippen LogP contribution in [0.5, 0.6) is 5.75 Å². The molecule has 0 aromatic heterocycles. The number of nitrogens with one attached hydrogen (secondary N) is 1. The van der Waals surface area contributed by atoms with Gasteiger partial charge in [-0.1, -0.05) is 24.3 Å². The molecule has 0 aliphatic heterocycles. The van der Waals surface area contributed by atoms with Crippen molar-refractivity contribution in [3.05, 3.63) is 89.5 Å². The number of carbonyl (C=O) groups excluding carboxylic acids is 1. The zero-order valence-electron chi connectivity index (χ0n) is 17.8. The Bertz CT molecular complexity index is 1250. The summed E-state index contributed by atoms with van der Waals surface area (Å²) in [5.41, 5.74) is -0.357. The summed E-state index contributed by atoms with van der Waals surface area (Å²) >= 11 is 0. The van der Waals surface area contributed by atoms with Crippen LogP contribution in [-0.2, 0) is 22.7 Å². The number of benzene rings is 3. The normalized spacial score (nSPS) is 11.9. The van der Waals surface area contributed by atoms with Crippen molar-refractivity contribution in [2.45, 2.75) is 17.6 Å². The van der Waals surface area contributed by atoms with Crippen LogP contribution in [0.3, 0.4) is 0 Å². The summed E-state index contributed by atoms with van der Waals surface area (Å²) in [6, 6.07) is 16.5. The lowest BCUT2D eigenvalue weighted by Crippen LogP contribution is -2.27. The Kier molecular flexibility index (Phi) is 7.09. The first-order valence-corrected chi connectivity index (χ1v) is 11.1. The van der Waals surface area contributed by atoms with E-state index in [-0.39, 0.29) is 22.7 Å². The van der Waals surface area contributed by atoms with Crippen LogP contribution in [0.2, 0.25) is 0 Å². The minimum absolute atomic E-state index is 0.0176. The van der Waals surface area contributed by atoms with Crippen LogP contribution < -0.4 is 10.1 Å². The highest BCUT2D eigenvalue weighted by molar-refractivity contribution is 7.89. The van der Waals surface area contributed by atoms with Gasteiger partial charge < -0.3 is 10.1 Å². The maximum atomic E-state index is 12.9. The predicted molar refractivity (Wildman–Crippen MR) is 117 cm³/mol. The summed E-state index contributed by atoms with van der Waals surface area (Å²) in [5.74, 6) is -0.285. The standard InChI is InChI=1S/C23H21F3N2O4S/c1-28(33(30,31)20-9-4-3-5-10-20)15-17-13-16(11-12-21(17)32-2)22(29)27-19-8-6-7-18(14-19)23(24,25)26/h3-14H,15H2,1-2H3,(H,27,29). The number of sulfonamides is 1. The van der Waals surface area contributed by atoms with Crippen LogP contribution in [0.25, 0.3) is 0 Å². The van der Waals surface area contributed by atoms with Crippen molar-refractivity contribution in [3.8, 4) is 5.75 Å². The van der Waals surface area contributed by atoms with Crippen LogP contribution >= 0.6 is 0 Å². The minimum atomic E-state index is -4.54. The van der Waals surface area contributed by atoms with Crippen LogP contribution in [0, 0.1) is 0 Å². The maximum Gasteiger partial charge on any atom is 0.416 e. The Hall–Kier alpha value is -3.37. The highest BCUT2D eigenvalue weighted by atomic mass is 32.2. The van der Waals surface area contributed by atoms with E-state index in [9.17, 15) is 26.4 Å². The third-order valence-electron chi connectivity index (χ3n) is 4.83. The monoisotopic (exact) mass is 478 g/mol. The van der Waals surface area contributed by atoms with E-state index in [1.165, 1.54) is 56.6 Å². The van der Waals surface area contributed by atoms with Gasteiger partial charge in [0.15, 0.2) is 0 Å². The van der Waals surface area contributed by atoms with E-state index >= 15 is 0 Å². The second-order valence-corrected chi connectivity index (χ2v) is 9.18. The van der Waals surface area contributed by atoms with Gasteiger partial charge in [0.25, 0.3) is 5.91 Å². The smallest absolute Gasteiger partial charge is 0.416 e. The molecule has 174 valence electrons. The molecule has 0 spiro atoms. The van der Waals surface area contributed by atoms with Crippen LogP contribution in [0.1, 0.15) is 21.5 Å². The fourth-order valence-corrected chi connectivity index (χ4v) is 4.29. The molecule has 0 fully saturated rings. The minimum Gasteiger partial charge on any atom is -0.496 e. The van der Waals surface area contributed by atoms with Gasteiger partial charge >= 0.3 is 6.18 Å². The van der Waals surface area contributed by atoms with E-state index in [2.05, 4.69) is 5.32 Å². The van der Waals surface area contributed by atoms with Gasteiger partial charge in [0.05, 0.1) is 17.6 Å². The van der Waals surface area contributed by atoms with Gasteiger partial charge in [0.1, 0.15) is 5.75 Å².